The lowest BCUT2D eigenvalue weighted by atomic mass is 9.85. The lowest BCUT2D eigenvalue weighted by Gasteiger charge is -2.32. The number of nitrogens with zero attached hydrogens (tertiary/aromatic N) is 5. The van der Waals surface area contributed by atoms with Crippen LogP contribution in [0.25, 0.3) is 21.8 Å². The largest absolute Gasteiger partial charge is 0.480 e. The third-order valence-electron chi connectivity index (χ3n) is 17.1. The minimum Gasteiger partial charge on any atom is -0.480 e. The Kier molecular flexibility index (Phi) is 25.0. The van der Waals surface area contributed by atoms with Crippen LogP contribution < -0.4 is 42.6 Å². The molecule has 12 rings (SSSR count). The van der Waals surface area contributed by atoms with Crippen LogP contribution in [0.3, 0.4) is 0 Å². The van der Waals surface area contributed by atoms with Gasteiger partial charge in [0.25, 0.3) is 5.91 Å². The molecule has 3 atom stereocenters. The topological polar surface area (TPSA) is 292 Å². The van der Waals surface area contributed by atoms with Crippen LogP contribution in [0.15, 0.2) is 194 Å². The Morgan fingerprint density at radius 2 is 1.21 bits per heavy atom. The molecular weight excluding hydrogens is 1360 g/mol. The second-order valence-electron chi connectivity index (χ2n) is 24.1. The van der Waals surface area contributed by atoms with E-state index < -0.39 is 60.5 Å². The molecule has 25 heteroatoms. The molecule has 518 valence electrons. The van der Waals surface area contributed by atoms with Crippen molar-refractivity contribution in [3.63, 3.8) is 0 Å². The third-order valence-corrected chi connectivity index (χ3v) is 18.6. The summed E-state index contributed by atoms with van der Waals surface area (Å²) in [6, 6.07) is 54.5. The second kappa shape index (κ2) is 34.3. The molecule has 11 N–H and O–H groups in total. The number of aliphatic carboxylic acids is 3. The number of anilines is 3. The van der Waals surface area contributed by atoms with Gasteiger partial charge in [-0.25, -0.2) is 20.0 Å². The van der Waals surface area contributed by atoms with E-state index in [-0.39, 0.29) is 13.0 Å². The molecular formula is C75H75Cl4N11O10. The van der Waals surface area contributed by atoms with E-state index in [4.69, 9.17) is 72.8 Å². The zero-order valence-corrected chi connectivity index (χ0v) is 57.5. The molecule has 0 bridgehead atoms. The Hall–Kier alpha value is -9.78. The molecule has 4 heterocycles. The van der Waals surface area contributed by atoms with Gasteiger partial charge in [-0.05, 0) is 128 Å². The van der Waals surface area contributed by atoms with Crippen molar-refractivity contribution in [2.75, 3.05) is 62.0 Å². The van der Waals surface area contributed by atoms with Gasteiger partial charge in [-0.3, -0.25) is 29.4 Å². The quantitative estimate of drug-likeness (QED) is 0.0285. The number of fused-ring (bicyclic) bond motifs is 5. The number of piperazine rings is 1. The number of nitrogens with one attached hydrogen (secondary N) is 4. The second-order valence-corrected chi connectivity index (χ2v) is 25.7. The summed E-state index contributed by atoms with van der Waals surface area (Å²) in [5, 5.41) is 40.7. The van der Waals surface area contributed by atoms with Gasteiger partial charge in [0.05, 0.1) is 35.9 Å². The number of benzene rings is 8. The molecule has 0 spiro atoms. The van der Waals surface area contributed by atoms with E-state index in [0.29, 0.717) is 90.1 Å². The summed E-state index contributed by atoms with van der Waals surface area (Å²) < 4.78 is 9.73. The molecule has 1 fully saturated rings. The van der Waals surface area contributed by atoms with Crippen LogP contribution in [0.5, 0.6) is 5.75 Å². The van der Waals surface area contributed by atoms with Crippen molar-refractivity contribution in [3.8, 4) is 5.75 Å². The van der Waals surface area contributed by atoms with Crippen LogP contribution in [-0.4, -0.2) is 129 Å². The molecule has 2 aliphatic rings. The van der Waals surface area contributed by atoms with E-state index in [0.717, 1.165) is 84.3 Å². The Morgan fingerprint density at radius 3 is 1.83 bits per heavy atom. The average Bonchev–Trinajstić information content (AvgIpc) is 1.56. The van der Waals surface area contributed by atoms with Crippen molar-refractivity contribution in [1.82, 2.24) is 29.7 Å². The van der Waals surface area contributed by atoms with Gasteiger partial charge in [-0.2, -0.15) is 0 Å². The number of ether oxygens (including phenoxy) is 1. The van der Waals surface area contributed by atoms with Crippen LogP contribution in [0.2, 0.25) is 20.1 Å². The van der Waals surface area contributed by atoms with Gasteiger partial charge in [0.1, 0.15) is 24.4 Å². The first-order chi connectivity index (χ1) is 48.2. The highest BCUT2D eigenvalue weighted by molar-refractivity contribution is 6.36. The van der Waals surface area contributed by atoms with E-state index in [1.807, 2.05) is 115 Å². The summed E-state index contributed by atoms with van der Waals surface area (Å²) in [5.74, 6) is -3.78. The van der Waals surface area contributed by atoms with Crippen molar-refractivity contribution in [2.24, 2.45) is 11.5 Å². The molecule has 1 saturated heterocycles. The van der Waals surface area contributed by atoms with Gasteiger partial charge in [-0.1, -0.05) is 162 Å². The molecule has 0 aliphatic carbocycles. The SMILES string of the molecule is CN1CCN(Cc2cn(Cc3c(Cl)cccc3Cl)c3ccc(NC(=O)NCC(=O)O)cc23)CC1.NCCCC[C@H](N)C(=O)O.O=C(Nc1ccc2c(c1)c1c(n2Cc2c(Cl)cccc2Cl)C(c2ccccc2)c2ccccc2C(=O)N1N[C@@H](Cc1ccccc1)C(=O)O)Oc1ccccc1. The number of halogens is 4. The Bertz CT molecular complexity index is 4510. The van der Waals surface area contributed by atoms with Crippen LogP contribution in [0.1, 0.15) is 74.6 Å². The van der Waals surface area contributed by atoms with Crippen molar-refractivity contribution in [3.05, 3.63) is 259 Å². The fourth-order valence-corrected chi connectivity index (χ4v) is 13.1. The summed E-state index contributed by atoms with van der Waals surface area (Å²) in [7, 11) is 2.13. The normalized spacial score (nSPS) is 14.2. The predicted octanol–water partition coefficient (Wildman–Crippen LogP) is 13.4. The number of carboxylic acids is 3. The fraction of sp³-hybridized carbons (Fsp3) is 0.227. The number of nitrogens with two attached hydrogens (primary N) is 2. The van der Waals surface area contributed by atoms with E-state index in [1.165, 1.54) is 5.01 Å². The average molecular weight is 1430 g/mol. The fourth-order valence-electron chi connectivity index (χ4n) is 12.1. The van der Waals surface area contributed by atoms with E-state index in [1.54, 1.807) is 72.8 Å². The molecule has 0 radical (unpaired) electrons. The highest BCUT2D eigenvalue weighted by Crippen LogP contribution is 2.48. The Labute approximate surface area is 597 Å². The lowest BCUT2D eigenvalue weighted by Crippen LogP contribution is -2.52. The maximum Gasteiger partial charge on any atom is 0.417 e. The first-order valence-electron chi connectivity index (χ1n) is 32.3. The molecule has 0 saturated carbocycles. The zero-order chi connectivity index (χ0) is 71.0. The molecule has 1 unspecified atom stereocenters. The molecule has 10 aromatic rings. The number of hydrazine groups is 1. The maximum atomic E-state index is 15.1. The van der Waals surface area contributed by atoms with Crippen LogP contribution in [-0.2, 0) is 40.4 Å². The van der Waals surface area contributed by atoms with Gasteiger partial charge in [0, 0.05) is 110 Å². The maximum absolute atomic E-state index is 15.1. The number of hydrogen-bond donors (Lipinski definition) is 9. The summed E-state index contributed by atoms with van der Waals surface area (Å²) >= 11 is 26.5. The van der Waals surface area contributed by atoms with Crippen molar-refractivity contribution < 1.29 is 48.8 Å². The van der Waals surface area contributed by atoms with Crippen molar-refractivity contribution >= 4 is 121 Å². The number of hydrogen-bond acceptors (Lipinski definition) is 12. The molecule has 8 aromatic carbocycles. The number of para-hydroxylation sites is 1. The number of urea groups is 1. The van der Waals surface area contributed by atoms with Gasteiger partial charge < -0.3 is 56.2 Å². The van der Waals surface area contributed by atoms with E-state index >= 15 is 4.79 Å². The van der Waals surface area contributed by atoms with Crippen LogP contribution >= 0.6 is 46.4 Å². The monoisotopic (exact) mass is 1430 g/mol. The van der Waals surface area contributed by atoms with Crippen LogP contribution in [0.4, 0.5) is 26.7 Å². The van der Waals surface area contributed by atoms with Crippen molar-refractivity contribution in [1.29, 1.82) is 0 Å². The zero-order valence-electron chi connectivity index (χ0n) is 54.5. The Balaban J connectivity index is 0.000000207. The number of carboxylic acid groups (broad SMARTS) is 3. The lowest BCUT2D eigenvalue weighted by molar-refractivity contribution is -0.140. The summed E-state index contributed by atoms with van der Waals surface area (Å²) in [5.41, 5.74) is 22.8. The van der Waals surface area contributed by atoms with Crippen molar-refractivity contribution in [2.45, 2.75) is 63.3 Å². The van der Waals surface area contributed by atoms with Gasteiger partial charge in [0.2, 0.25) is 0 Å². The first kappa shape index (κ1) is 73.0. The van der Waals surface area contributed by atoms with Crippen LogP contribution in [0, 0.1) is 0 Å². The van der Waals surface area contributed by atoms with Gasteiger partial charge in [-0.15, -0.1) is 0 Å². The number of unbranched alkanes of at least 4 members (excludes halogenated alkanes) is 1. The highest BCUT2D eigenvalue weighted by Gasteiger charge is 2.40. The van der Waals surface area contributed by atoms with E-state index in [2.05, 4.69) is 53.6 Å². The number of likely N-dealkylation sites (N-methyl/N-ethyl adjacent to an activating group) is 1. The Morgan fingerprint density at radius 1 is 0.630 bits per heavy atom. The number of carbonyl (C=O) groups excluding carboxylic acids is 3. The predicted molar refractivity (Wildman–Crippen MR) is 392 cm³/mol. The van der Waals surface area contributed by atoms with E-state index in [9.17, 15) is 29.1 Å². The van der Waals surface area contributed by atoms with Gasteiger partial charge in [0.15, 0.2) is 0 Å². The summed E-state index contributed by atoms with van der Waals surface area (Å²) in [4.78, 5) is 79.0. The molecule has 100 heavy (non-hydrogen) atoms. The third kappa shape index (κ3) is 18.4. The van der Waals surface area contributed by atoms with Gasteiger partial charge >= 0.3 is 30.0 Å². The minimum atomic E-state index is -1.21. The smallest absolute Gasteiger partial charge is 0.417 e. The molecule has 2 aromatic heterocycles. The standard InChI is InChI=1S/C45H34Cl2N4O5.C24H27Cl2N5O3.C6H14N2O2/c46-36-21-12-22-37(47)35(36)27-50-39-24-23-30(48-45(55)56-31-17-8-3-9-18-31)26-34(39)41-42(50)40(29-15-6-2-7-16-29)32-19-10-11-20-33(32)43(52)51(41)49-38(44(53)54)25-28-13-4-1-5-14-28;1-29-7-9-30(10-8-29)13-16-14-31(15-19-20(25)3-2-4-21(19)26)22-6-5-17(11-18(16)22)28-24(34)27-12-23(32)33;7-4-2-1-3-5(8)6(9)10/h1-24,26,38,40,49H,25,27H2,(H,48,55)(H,53,54);2-6,11,14H,7-10,12-13,15H2,1H3,(H,32,33)(H2,27,28,34);5H,1-4,7-8H2,(H,9,10)/t38-,40?;;5-/m0.0/s1. The number of aromatic nitrogens is 2. The summed E-state index contributed by atoms with van der Waals surface area (Å²) in [6.07, 6.45) is 3.66. The minimum absolute atomic E-state index is 0.0883. The summed E-state index contributed by atoms with van der Waals surface area (Å²) in [6.45, 7) is 5.65. The molecule has 21 nitrogen and oxygen atoms in total. The number of carbonyl (C=O) groups is 6. The number of rotatable bonds is 22. The number of amides is 4. The molecule has 2 aliphatic heterocycles. The molecule has 4 amide bonds. The highest BCUT2D eigenvalue weighted by atomic mass is 35.5. The first-order valence-corrected chi connectivity index (χ1v) is 33.8.